The molecule has 0 aromatic heterocycles. The molecule has 0 aliphatic rings. The van der Waals surface area contributed by atoms with Gasteiger partial charge in [0.05, 0.1) is 16.5 Å². The van der Waals surface area contributed by atoms with Gasteiger partial charge < -0.3 is 9.47 Å². The van der Waals surface area contributed by atoms with Gasteiger partial charge >= 0.3 is 0 Å². The molecule has 0 radical (unpaired) electrons. The van der Waals surface area contributed by atoms with Crippen LogP contribution in [0.15, 0.2) is 71.6 Å². The van der Waals surface area contributed by atoms with Crippen LogP contribution >= 0.6 is 12.6 Å². The van der Waals surface area contributed by atoms with Gasteiger partial charge in [0, 0.05) is 0 Å². The molecule has 0 aliphatic heterocycles. The topological polar surface area (TPSA) is 59.3 Å². The molecule has 0 bridgehead atoms. The number of hydrogen-bond donors (Lipinski definition) is 1. The molecule has 0 saturated carbocycles. The normalized spacial score (nSPS) is 10.1. The molecule has 0 fully saturated rings. The van der Waals surface area contributed by atoms with Gasteiger partial charge in [-0.05, 0) is 54.4 Å². The highest BCUT2D eigenvalue weighted by atomic mass is 32.1. The SMILES string of the molecule is CC(=O)COc1cccc(S)c1Oc1ccc(-c2ccc(C#N)cc2)cc1. The second-order valence-corrected chi connectivity index (χ2v) is 6.39. The lowest BCUT2D eigenvalue weighted by Gasteiger charge is -2.14. The number of ketones is 1. The zero-order chi connectivity index (χ0) is 19.2. The lowest BCUT2D eigenvalue weighted by Crippen LogP contribution is -2.07. The number of carbonyl (C=O) groups is 1. The highest BCUT2D eigenvalue weighted by Crippen LogP contribution is 2.37. The van der Waals surface area contributed by atoms with Crippen molar-refractivity contribution in [2.45, 2.75) is 11.8 Å². The van der Waals surface area contributed by atoms with Crippen molar-refractivity contribution in [3.8, 4) is 34.4 Å². The summed E-state index contributed by atoms with van der Waals surface area (Å²) >= 11 is 4.42. The molecule has 3 rings (SSSR count). The predicted octanol–water partition coefficient (Wildman–Crippen LogP) is 5.27. The number of ether oxygens (including phenoxy) is 2. The van der Waals surface area contributed by atoms with Gasteiger partial charge in [-0.1, -0.05) is 30.3 Å². The van der Waals surface area contributed by atoms with Crippen molar-refractivity contribution in [3.63, 3.8) is 0 Å². The molecule has 0 atom stereocenters. The zero-order valence-corrected chi connectivity index (χ0v) is 15.6. The Morgan fingerprint density at radius 1 is 1.00 bits per heavy atom. The summed E-state index contributed by atoms with van der Waals surface area (Å²) in [4.78, 5) is 11.8. The summed E-state index contributed by atoms with van der Waals surface area (Å²) in [5, 5.41) is 8.89. The number of benzene rings is 3. The number of carbonyl (C=O) groups excluding carboxylic acids is 1. The summed E-state index contributed by atoms with van der Waals surface area (Å²) in [6.45, 7) is 1.44. The summed E-state index contributed by atoms with van der Waals surface area (Å²) in [5.74, 6) is 1.49. The third-order valence-electron chi connectivity index (χ3n) is 3.81. The Hall–Kier alpha value is -3.23. The van der Waals surface area contributed by atoms with Crippen LogP contribution in [0, 0.1) is 11.3 Å². The Balaban J connectivity index is 1.80. The van der Waals surface area contributed by atoms with E-state index in [1.165, 1.54) is 6.92 Å². The lowest BCUT2D eigenvalue weighted by molar-refractivity contribution is -0.118. The largest absolute Gasteiger partial charge is 0.482 e. The molecule has 0 saturated heterocycles. The fraction of sp³-hybridized carbons (Fsp3) is 0.0909. The minimum Gasteiger partial charge on any atom is -0.482 e. The fourth-order valence-electron chi connectivity index (χ4n) is 2.47. The Morgan fingerprint density at radius 2 is 1.63 bits per heavy atom. The molecule has 0 spiro atoms. The molecule has 0 aliphatic carbocycles. The summed E-state index contributed by atoms with van der Waals surface area (Å²) in [6, 6.07) is 22.4. The van der Waals surface area contributed by atoms with E-state index < -0.39 is 0 Å². The van der Waals surface area contributed by atoms with Crippen molar-refractivity contribution in [2.75, 3.05) is 6.61 Å². The standard InChI is InChI=1S/C22H17NO3S/c1-15(24)14-25-20-3-2-4-21(27)22(20)26-19-11-9-18(10-12-19)17-7-5-16(13-23)6-8-17/h2-12,27H,14H2,1H3. The van der Waals surface area contributed by atoms with E-state index in [1.54, 1.807) is 30.3 Å². The minimum absolute atomic E-state index is 0.0226. The maximum Gasteiger partial charge on any atom is 0.182 e. The van der Waals surface area contributed by atoms with Crippen LogP contribution in [0.1, 0.15) is 12.5 Å². The maximum atomic E-state index is 11.2. The van der Waals surface area contributed by atoms with Gasteiger partial charge in [-0.15, -0.1) is 12.6 Å². The highest BCUT2D eigenvalue weighted by Gasteiger charge is 2.11. The number of nitrogens with zero attached hydrogens (tertiary/aromatic N) is 1. The fourth-order valence-corrected chi connectivity index (χ4v) is 2.71. The average molecular weight is 375 g/mol. The summed E-state index contributed by atoms with van der Waals surface area (Å²) in [6.07, 6.45) is 0. The number of hydrogen-bond acceptors (Lipinski definition) is 5. The molecule has 0 unspecified atom stereocenters. The van der Waals surface area contributed by atoms with Gasteiger partial charge in [-0.2, -0.15) is 5.26 Å². The highest BCUT2D eigenvalue weighted by molar-refractivity contribution is 7.80. The summed E-state index contributed by atoms with van der Waals surface area (Å²) < 4.78 is 11.5. The quantitative estimate of drug-likeness (QED) is 0.596. The Bertz CT molecular complexity index is 990. The first-order valence-corrected chi connectivity index (χ1v) is 8.74. The Kier molecular flexibility index (Phi) is 5.80. The molecule has 0 N–H and O–H groups in total. The smallest absolute Gasteiger partial charge is 0.182 e. The van der Waals surface area contributed by atoms with Crippen LogP contribution in [0.5, 0.6) is 17.2 Å². The predicted molar refractivity (Wildman–Crippen MR) is 107 cm³/mol. The van der Waals surface area contributed by atoms with E-state index in [1.807, 2.05) is 36.4 Å². The lowest BCUT2D eigenvalue weighted by atomic mass is 10.0. The van der Waals surface area contributed by atoms with E-state index >= 15 is 0 Å². The molecule has 3 aromatic rings. The van der Waals surface area contributed by atoms with E-state index in [2.05, 4.69) is 18.7 Å². The number of Topliss-reactive ketones (excluding diaryl/α,β-unsaturated/α-hetero) is 1. The number of rotatable bonds is 6. The van der Waals surface area contributed by atoms with Gasteiger partial charge in [0.15, 0.2) is 17.3 Å². The monoisotopic (exact) mass is 375 g/mol. The molecular weight excluding hydrogens is 358 g/mol. The van der Waals surface area contributed by atoms with Crippen LogP contribution in [0.4, 0.5) is 0 Å². The average Bonchev–Trinajstić information content (AvgIpc) is 2.69. The van der Waals surface area contributed by atoms with Crippen molar-refractivity contribution in [1.82, 2.24) is 0 Å². The van der Waals surface area contributed by atoms with Gasteiger partial charge in [0.2, 0.25) is 0 Å². The van der Waals surface area contributed by atoms with Crippen molar-refractivity contribution in [1.29, 1.82) is 5.26 Å². The van der Waals surface area contributed by atoms with Crippen molar-refractivity contribution in [2.24, 2.45) is 0 Å². The first kappa shape index (κ1) is 18.6. The maximum absolute atomic E-state index is 11.2. The van der Waals surface area contributed by atoms with Crippen molar-refractivity contribution in [3.05, 3.63) is 72.3 Å². The van der Waals surface area contributed by atoms with E-state index in [0.717, 1.165) is 11.1 Å². The molecule has 134 valence electrons. The number of nitriles is 1. The van der Waals surface area contributed by atoms with Crippen LogP contribution in [0.2, 0.25) is 0 Å². The summed E-state index contributed by atoms with van der Waals surface area (Å²) in [5.41, 5.74) is 2.65. The van der Waals surface area contributed by atoms with Crippen LogP contribution in [0.25, 0.3) is 11.1 Å². The van der Waals surface area contributed by atoms with Gasteiger partial charge in [-0.3, -0.25) is 4.79 Å². The van der Waals surface area contributed by atoms with E-state index in [0.29, 0.717) is 27.7 Å². The van der Waals surface area contributed by atoms with Gasteiger partial charge in [0.25, 0.3) is 0 Å². The molecule has 27 heavy (non-hydrogen) atoms. The zero-order valence-electron chi connectivity index (χ0n) is 14.7. The number of para-hydroxylation sites is 1. The van der Waals surface area contributed by atoms with Crippen LogP contribution in [-0.2, 0) is 4.79 Å². The van der Waals surface area contributed by atoms with Gasteiger partial charge in [0.1, 0.15) is 12.4 Å². The third kappa shape index (κ3) is 4.69. The first-order valence-electron chi connectivity index (χ1n) is 8.29. The van der Waals surface area contributed by atoms with E-state index in [9.17, 15) is 4.79 Å². The Labute approximate surface area is 163 Å². The van der Waals surface area contributed by atoms with Crippen molar-refractivity contribution >= 4 is 18.4 Å². The van der Waals surface area contributed by atoms with Crippen molar-refractivity contribution < 1.29 is 14.3 Å². The van der Waals surface area contributed by atoms with Crippen LogP contribution in [0.3, 0.4) is 0 Å². The second-order valence-electron chi connectivity index (χ2n) is 5.91. The van der Waals surface area contributed by atoms with E-state index in [4.69, 9.17) is 14.7 Å². The minimum atomic E-state index is -0.0720. The molecule has 3 aromatic carbocycles. The molecular formula is C22H17NO3S. The molecule has 5 heteroatoms. The van der Waals surface area contributed by atoms with Crippen LogP contribution < -0.4 is 9.47 Å². The van der Waals surface area contributed by atoms with E-state index in [-0.39, 0.29) is 12.4 Å². The van der Waals surface area contributed by atoms with Gasteiger partial charge in [-0.25, -0.2) is 0 Å². The van der Waals surface area contributed by atoms with Crippen LogP contribution in [-0.4, -0.2) is 12.4 Å². The molecule has 4 nitrogen and oxygen atoms in total. The summed E-state index contributed by atoms with van der Waals surface area (Å²) in [7, 11) is 0. The Morgan fingerprint density at radius 3 is 2.22 bits per heavy atom. The molecule has 0 heterocycles. The third-order valence-corrected chi connectivity index (χ3v) is 4.16. The first-order chi connectivity index (χ1) is 13.1. The molecule has 0 amide bonds. The second kappa shape index (κ2) is 8.43. The number of thiol groups is 1.